The zero-order chi connectivity index (χ0) is 18.4. The van der Waals surface area contributed by atoms with Crippen LogP contribution in [0.1, 0.15) is 48.9 Å². The second-order valence-electron chi connectivity index (χ2n) is 8.68. The van der Waals surface area contributed by atoms with E-state index >= 15 is 0 Å². The molecule has 5 heterocycles. The van der Waals surface area contributed by atoms with Gasteiger partial charge in [0.15, 0.2) is 0 Å². The number of anilines is 1. The average Bonchev–Trinajstić information content (AvgIpc) is 3.23. The van der Waals surface area contributed by atoms with Gasteiger partial charge in [-0.15, -0.1) is 0 Å². The van der Waals surface area contributed by atoms with E-state index in [1.165, 1.54) is 6.42 Å². The van der Waals surface area contributed by atoms with Crippen LogP contribution in [0.3, 0.4) is 0 Å². The lowest BCUT2D eigenvalue weighted by Crippen LogP contribution is -2.60. The Morgan fingerprint density at radius 2 is 1.93 bits per heavy atom. The van der Waals surface area contributed by atoms with Crippen molar-refractivity contribution in [2.24, 2.45) is 11.8 Å². The molecule has 0 aliphatic carbocycles. The van der Waals surface area contributed by atoms with Gasteiger partial charge in [-0.25, -0.2) is 4.98 Å². The fraction of sp³-hybridized carbons (Fsp3) is 0.667. The molecule has 1 aromatic heterocycles. The van der Waals surface area contributed by atoms with Crippen LogP contribution in [0.2, 0.25) is 0 Å². The summed E-state index contributed by atoms with van der Waals surface area (Å²) in [5.74, 6) is 2.53. The molecule has 6 heteroatoms. The minimum atomic E-state index is 0.110. The summed E-state index contributed by atoms with van der Waals surface area (Å²) in [6.45, 7) is 4.57. The van der Waals surface area contributed by atoms with Crippen LogP contribution < -0.4 is 4.90 Å². The fourth-order valence-corrected chi connectivity index (χ4v) is 5.60. The number of carbonyl (C=O) groups is 2. The van der Waals surface area contributed by atoms with E-state index in [2.05, 4.69) is 14.8 Å². The number of carbonyl (C=O) groups excluding carboxylic acids is 2. The van der Waals surface area contributed by atoms with Crippen molar-refractivity contribution in [3.8, 4) is 0 Å². The van der Waals surface area contributed by atoms with E-state index in [4.69, 9.17) is 0 Å². The molecule has 144 valence electrons. The van der Waals surface area contributed by atoms with E-state index in [-0.39, 0.29) is 5.91 Å². The number of piperidine rings is 3. The van der Waals surface area contributed by atoms with Crippen LogP contribution >= 0.6 is 0 Å². The first kappa shape index (κ1) is 17.0. The zero-order valence-electron chi connectivity index (χ0n) is 15.8. The molecule has 6 nitrogen and oxygen atoms in total. The molecule has 2 unspecified atom stereocenters. The summed E-state index contributed by atoms with van der Waals surface area (Å²) in [5, 5.41) is 0. The van der Waals surface area contributed by atoms with Crippen molar-refractivity contribution in [3.63, 3.8) is 0 Å². The van der Waals surface area contributed by atoms with Gasteiger partial charge >= 0.3 is 0 Å². The second-order valence-corrected chi connectivity index (χ2v) is 8.68. The van der Waals surface area contributed by atoms with E-state index < -0.39 is 0 Å². The van der Waals surface area contributed by atoms with E-state index in [9.17, 15) is 9.59 Å². The molecule has 4 fully saturated rings. The topological polar surface area (TPSA) is 56.8 Å². The number of likely N-dealkylation sites (tertiary alicyclic amines) is 1. The molecule has 0 spiro atoms. The summed E-state index contributed by atoms with van der Waals surface area (Å²) in [4.78, 5) is 35.9. The summed E-state index contributed by atoms with van der Waals surface area (Å²) in [5.41, 5.74) is 0.696. The number of pyridine rings is 1. The van der Waals surface area contributed by atoms with Gasteiger partial charge in [0.05, 0.1) is 5.56 Å². The lowest BCUT2D eigenvalue weighted by molar-refractivity contribution is -0.142. The normalized spacial score (nSPS) is 30.4. The Hall–Kier alpha value is -2.11. The van der Waals surface area contributed by atoms with Crippen molar-refractivity contribution < 1.29 is 9.59 Å². The number of hydrogen-bond donors (Lipinski definition) is 0. The molecule has 0 aromatic carbocycles. The molecule has 4 aliphatic heterocycles. The molecule has 2 amide bonds. The van der Waals surface area contributed by atoms with Crippen LogP contribution in [-0.2, 0) is 4.79 Å². The Kier molecular flexibility index (Phi) is 4.29. The third-order valence-corrected chi connectivity index (χ3v) is 6.89. The van der Waals surface area contributed by atoms with Crippen LogP contribution in [0.15, 0.2) is 18.3 Å². The van der Waals surface area contributed by atoms with E-state index in [1.807, 2.05) is 17.0 Å². The highest BCUT2D eigenvalue weighted by Gasteiger charge is 2.44. The maximum absolute atomic E-state index is 12.5. The summed E-state index contributed by atoms with van der Waals surface area (Å²) >= 11 is 0. The monoisotopic (exact) mass is 368 g/mol. The number of fused-ring (bicyclic) bond motifs is 4. The maximum Gasteiger partial charge on any atom is 0.255 e. The van der Waals surface area contributed by atoms with Crippen LogP contribution in [0.4, 0.5) is 5.82 Å². The first-order valence-corrected chi connectivity index (χ1v) is 10.5. The van der Waals surface area contributed by atoms with Gasteiger partial charge in [-0.05, 0) is 56.1 Å². The minimum absolute atomic E-state index is 0.110. The van der Waals surface area contributed by atoms with Gasteiger partial charge in [-0.2, -0.15) is 0 Å². The molecule has 0 N–H and O–H groups in total. The predicted octanol–water partition coefficient (Wildman–Crippen LogP) is 2.15. The third-order valence-electron chi connectivity index (χ3n) is 6.89. The Balaban J connectivity index is 1.30. The molecule has 4 aliphatic rings. The van der Waals surface area contributed by atoms with Gasteiger partial charge in [0.1, 0.15) is 5.82 Å². The molecule has 2 bridgehead atoms. The Bertz CT molecular complexity index is 728. The molecule has 0 saturated carbocycles. The maximum atomic E-state index is 12.5. The fourth-order valence-electron chi connectivity index (χ4n) is 5.60. The van der Waals surface area contributed by atoms with Crippen LogP contribution in [0.5, 0.6) is 0 Å². The van der Waals surface area contributed by atoms with E-state index in [1.54, 1.807) is 6.20 Å². The quantitative estimate of drug-likeness (QED) is 0.803. The van der Waals surface area contributed by atoms with Gasteiger partial charge in [-0.3, -0.25) is 9.59 Å². The number of hydrogen-bond acceptors (Lipinski definition) is 4. The summed E-state index contributed by atoms with van der Waals surface area (Å²) in [6.07, 6.45) is 8.10. The third kappa shape index (κ3) is 3.09. The van der Waals surface area contributed by atoms with Crippen LogP contribution in [0.25, 0.3) is 0 Å². The molecule has 3 atom stereocenters. The highest BCUT2D eigenvalue weighted by Crippen LogP contribution is 2.38. The molecular formula is C21H28N4O2. The van der Waals surface area contributed by atoms with Gasteiger partial charge in [-0.1, -0.05) is 0 Å². The lowest BCUT2D eigenvalue weighted by atomic mass is 9.76. The first-order chi connectivity index (χ1) is 13.2. The van der Waals surface area contributed by atoms with Crippen molar-refractivity contribution >= 4 is 17.6 Å². The minimum Gasteiger partial charge on any atom is -0.356 e. The molecule has 0 radical (unpaired) electrons. The molecule has 4 saturated heterocycles. The van der Waals surface area contributed by atoms with Crippen molar-refractivity contribution in [2.45, 2.75) is 44.6 Å². The summed E-state index contributed by atoms with van der Waals surface area (Å²) in [7, 11) is 0. The zero-order valence-corrected chi connectivity index (χ0v) is 15.8. The number of nitrogens with zero attached hydrogens (tertiary/aromatic N) is 4. The molecule has 27 heavy (non-hydrogen) atoms. The van der Waals surface area contributed by atoms with Gasteiger partial charge in [0, 0.05) is 51.4 Å². The predicted molar refractivity (Wildman–Crippen MR) is 103 cm³/mol. The Morgan fingerprint density at radius 1 is 1.07 bits per heavy atom. The van der Waals surface area contributed by atoms with Crippen molar-refractivity contribution in [3.05, 3.63) is 23.9 Å². The largest absolute Gasteiger partial charge is 0.356 e. The van der Waals surface area contributed by atoms with Crippen LogP contribution in [0, 0.1) is 11.8 Å². The molecule has 1 aromatic rings. The van der Waals surface area contributed by atoms with Crippen molar-refractivity contribution in [2.75, 3.05) is 37.6 Å². The number of rotatable bonds is 2. The van der Waals surface area contributed by atoms with Gasteiger partial charge in [0.25, 0.3) is 5.91 Å². The average molecular weight is 368 g/mol. The summed E-state index contributed by atoms with van der Waals surface area (Å²) < 4.78 is 0. The highest BCUT2D eigenvalue weighted by molar-refractivity contribution is 5.94. The second kappa shape index (κ2) is 6.80. The standard InChI is InChI=1S/C21H28N4O2/c26-20-5-3-4-18-17-10-15(13-25(18)20)12-24(14-17)19-7-6-16(11-22-19)21(27)23-8-1-2-9-23/h6-7,11,15,17-18H,1-5,8-10,12-14H2/t15?,17?,18-/m1/s1. The van der Waals surface area contributed by atoms with Crippen molar-refractivity contribution in [1.82, 2.24) is 14.8 Å². The highest BCUT2D eigenvalue weighted by atomic mass is 16.2. The van der Waals surface area contributed by atoms with Gasteiger partial charge in [0.2, 0.25) is 5.91 Å². The SMILES string of the molecule is O=C(c1ccc(N2CC3CC(C2)[C@H]2CCCC(=O)N2C3)nc1)N1CCCC1. The van der Waals surface area contributed by atoms with E-state index in [0.717, 1.165) is 70.6 Å². The first-order valence-electron chi connectivity index (χ1n) is 10.5. The molecular weight excluding hydrogens is 340 g/mol. The Morgan fingerprint density at radius 3 is 2.70 bits per heavy atom. The summed E-state index contributed by atoms with van der Waals surface area (Å²) in [6, 6.07) is 4.36. The lowest BCUT2D eigenvalue weighted by Gasteiger charge is -2.52. The van der Waals surface area contributed by atoms with Gasteiger partial charge < -0.3 is 14.7 Å². The number of aromatic nitrogens is 1. The van der Waals surface area contributed by atoms with E-state index in [0.29, 0.717) is 29.3 Å². The smallest absolute Gasteiger partial charge is 0.255 e. The number of amides is 2. The molecule has 5 rings (SSSR count). The van der Waals surface area contributed by atoms with Crippen molar-refractivity contribution in [1.29, 1.82) is 0 Å². The van der Waals surface area contributed by atoms with Crippen LogP contribution in [-0.4, -0.2) is 65.4 Å². The Labute approximate surface area is 160 Å².